The van der Waals surface area contributed by atoms with Crippen molar-refractivity contribution >= 4 is 0 Å². The molecule has 0 unspecified atom stereocenters. The van der Waals surface area contributed by atoms with Gasteiger partial charge in [0.15, 0.2) is 0 Å². The zero-order valence-electron chi connectivity index (χ0n) is 10.1. The fraction of sp³-hybridized carbons (Fsp3) is 0.636. The maximum absolute atomic E-state index is 11.4. The van der Waals surface area contributed by atoms with Crippen LogP contribution in [0.25, 0.3) is 0 Å². The average Bonchev–Trinajstić information content (AvgIpc) is 3.13. The Balaban J connectivity index is 1.89. The fourth-order valence-electron chi connectivity index (χ4n) is 1.64. The molecule has 2 rings (SSSR count). The Kier molecular flexibility index (Phi) is 3.63. The molecule has 1 aliphatic rings. The van der Waals surface area contributed by atoms with Gasteiger partial charge in [0.1, 0.15) is 6.61 Å². The van der Waals surface area contributed by atoms with Crippen LogP contribution in [0.4, 0.5) is 0 Å². The first-order valence-electron chi connectivity index (χ1n) is 5.67. The van der Waals surface area contributed by atoms with Gasteiger partial charge in [-0.1, -0.05) is 0 Å². The summed E-state index contributed by atoms with van der Waals surface area (Å²) in [6.07, 6.45) is 3.84. The smallest absolute Gasteiger partial charge is 0.297 e. The Hall–Kier alpha value is -1.56. The molecule has 1 heterocycles. The Morgan fingerprint density at radius 1 is 1.59 bits per heavy atom. The van der Waals surface area contributed by atoms with Gasteiger partial charge in [0.25, 0.3) is 11.4 Å². The van der Waals surface area contributed by atoms with Crippen LogP contribution in [0.5, 0.6) is 11.6 Å². The molecule has 6 heteroatoms. The summed E-state index contributed by atoms with van der Waals surface area (Å²) in [7, 11) is 3.50. The Bertz CT molecular complexity index is 428. The van der Waals surface area contributed by atoms with Gasteiger partial charge < -0.3 is 19.4 Å². The maximum Gasteiger partial charge on any atom is 0.297 e. The molecule has 1 fully saturated rings. The largest absolute Gasteiger partial charge is 0.487 e. The third-order valence-corrected chi connectivity index (χ3v) is 2.84. The number of aromatic amines is 1. The van der Waals surface area contributed by atoms with E-state index in [2.05, 4.69) is 21.9 Å². The van der Waals surface area contributed by atoms with Crippen LogP contribution in [0.2, 0.25) is 0 Å². The minimum atomic E-state index is -0.326. The van der Waals surface area contributed by atoms with Crippen LogP contribution in [-0.2, 0) is 0 Å². The van der Waals surface area contributed by atoms with E-state index in [1.54, 1.807) is 0 Å². The van der Waals surface area contributed by atoms with Gasteiger partial charge in [0.2, 0.25) is 5.75 Å². The molecule has 0 atom stereocenters. The highest BCUT2D eigenvalue weighted by atomic mass is 16.5. The predicted molar refractivity (Wildman–Crippen MR) is 62.6 cm³/mol. The van der Waals surface area contributed by atoms with Crippen molar-refractivity contribution < 1.29 is 9.47 Å². The van der Waals surface area contributed by atoms with E-state index in [1.807, 2.05) is 0 Å². The molecule has 1 aromatic heterocycles. The third kappa shape index (κ3) is 2.97. The van der Waals surface area contributed by atoms with E-state index in [4.69, 9.17) is 9.47 Å². The molecule has 0 aliphatic heterocycles. The summed E-state index contributed by atoms with van der Waals surface area (Å²) in [6, 6.07) is 0.702. The van der Waals surface area contributed by atoms with Crippen LogP contribution in [-0.4, -0.2) is 48.2 Å². The number of rotatable bonds is 6. The molecule has 1 aromatic rings. The van der Waals surface area contributed by atoms with Gasteiger partial charge in [0, 0.05) is 12.6 Å². The summed E-state index contributed by atoms with van der Waals surface area (Å²) in [5, 5.41) is 0. The Labute approximate surface area is 99.6 Å². The van der Waals surface area contributed by atoms with E-state index in [-0.39, 0.29) is 17.2 Å². The molecular formula is C11H17N3O3. The van der Waals surface area contributed by atoms with Crippen LogP contribution in [0.15, 0.2) is 11.1 Å². The lowest BCUT2D eigenvalue weighted by molar-refractivity contribution is 0.218. The van der Waals surface area contributed by atoms with E-state index in [9.17, 15) is 4.79 Å². The Morgan fingerprint density at radius 2 is 2.35 bits per heavy atom. The van der Waals surface area contributed by atoms with Crippen molar-refractivity contribution in [3.8, 4) is 11.6 Å². The summed E-state index contributed by atoms with van der Waals surface area (Å²) in [5.41, 5.74) is -0.326. The van der Waals surface area contributed by atoms with Gasteiger partial charge in [-0.15, -0.1) is 0 Å². The van der Waals surface area contributed by atoms with Crippen LogP contribution in [0, 0.1) is 0 Å². The monoisotopic (exact) mass is 239 g/mol. The molecule has 0 aromatic carbocycles. The second-order valence-electron chi connectivity index (χ2n) is 4.13. The van der Waals surface area contributed by atoms with E-state index < -0.39 is 0 Å². The number of H-pyrrole nitrogens is 1. The number of nitrogens with one attached hydrogen (secondary N) is 1. The number of methoxy groups -OCH3 is 1. The van der Waals surface area contributed by atoms with Gasteiger partial charge in [-0.25, -0.2) is 4.98 Å². The molecule has 0 amide bonds. The van der Waals surface area contributed by atoms with E-state index in [1.165, 1.54) is 26.3 Å². The number of likely N-dealkylation sites (N-methyl/N-ethyl adjacent to an activating group) is 1. The summed E-state index contributed by atoms with van der Waals surface area (Å²) in [6.45, 7) is 1.32. The Morgan fingerprint density at radius 3 is 3.00 bits per heavy atom. The number of ether oxygens (including phenoxy) is 2. The molecule has 0 saturated heterocycles. The second-order valence-corrected chi connectivity index (χ2v) is 4.13. The highest BCUT2D eigenvalue weighted by molar-refractivity contribution is 5.29. The molecule has 0 bridgehead atoms. The first-order valence-corrected chi connectivity index (χ1v) is 5.67. The van der Waals surface area contributed by atoms with Crippen LogP contribution in [0.3, 0.4) is 0 Å². The highest BCUT2D eigenvalue weighted by Gasteiger charge is 2.25. The first kappa shape index (κ1) is 11.9. The highest BCUT2D eigenvalue weighted by Crippen LogP contribution is 2.25. The van der Waals surface area contributed by atoms with Crippen molar-refractivity contribution in [2.24, 2.45) is 0 Å². The maximum atomic E-state index is 11.4. The molecular weight excluding hydrogens is 222 g/mol. The summed E-state index contributed by atoms with van der Waals surface area (Å²) < 4.78 is 10.4. The number of hydrogen-bond acceptors (Lipinski definition) is 5. The minimum absolute atomic E-state index is 0.126. The van der Waals surface area contributed by atoms with Crippen LogP contribution < -0.4 is 15.0 Å². The third-order valence-electron chi connectivity index (χ3n) is 2.84. The van der Waals surface area contributed by atoms with Gasteiger partial charge in [-0.3, -0.25) is 4.79 Å². The van der Waals surface area contributed by atoms with E-state index in [0.717, 1.165) is 6.54 Å². The molecule has 1 aliphatic carbocycles. The van der Waals surface area contributed by atoms with Crippen molar-refractivity contribution in [1.29, 1.82) is 0 Å². The van der Waals surface area contributed by atoms with Crippen molar-refractivity contribution in [2.45, 2.75) is 18.9 Å². The lowest BCUT2D eigenvalue weighted by Gasteiger charge is -2.15. The van der Waals surface area contributed by atoms with Crippen molar-refractivity contribution in [3.63, 3.8) is 0 Å². The van der Waals surface area contributed by atoms with Crippen molar-refractivity contribution in [3.05, 3.63) is 16.7 Å². The molecule has 94 valence electrons. The zero-order valence-corrected chi connectivity index (χ0v) is 10.1. The second kappa shape index (κ2) is 5.18. The molecule has 0 spiro atoms. The van der Waals surface area contributed by atoms with Gasteiger partial charge >= 0.3 is 0 Å². The lowest BCUT2D eigenvalue weighted by atomic mass is 10.5. The predicted octanol–water partition coefficient (Wildman–Crippen LogP) is 0.251. The normalized spacial score (nSPS) is 15.0. The van der Waals surface area contributed by atoms with Gasteiger partial charge in [0.05, 0.1) is 13.4 Å². The molecule has 0 radical (unpaired) electrons. The first-order chi connectivity index (χ1) is 8.22. The average molecular weight is 239 g/mol. The minimum Gasteiger partial charge on any atom is -0.487 e. The standard InChI is InChI=1S/C11H17N3O3/c1-14(8-3-4-8)5-6-17-11-9(16-2)10(15)12-7-13-11/h7-8H,3-6H2,1-2H3,(H,12,13,15). The number of hydrogen-bond donors (Lipinski definition) is 1. The quantitative estimate of drug-likeness (QED) is 0.770. The van der Waals surface area contributed by atoms with Gasteiger partial charge in [-0.05, 0) is 19.9 Å². The number of aromatic nitrogens is 2. The topological polar surface area (TPSA) is 67.5 Å². The molecule has 17 heavy (non-hydrogen) atoms. The summed E-state index contributed by atoms with van der Waals surface area (Å²) in [4.78, 5) is 20.0. The van der Waals surface area contributed by atoms with Gasteiger partial charge in [-0.2, -0.15) is 0 Å². The van der Waals surface area contributed by atoms with E-state index in [0.29, 0.717) is 12.6 Å². The number of nitrogens with zero attached hydrogens (tertiary/aromatic N) is 2. The molecule has 6 nitrogen and oxygen atoms in total. The van der Waals surface area contributed by atoms with Crippen molar-refractivity contribution in [1.82, 2.24) is 14.9 Å². The zero-order chi connectivity index (χ0) is 12.3. The van der Waals surface area contributed by atoms with Crippen molar-refractivity contribution in [2.75, 3.05) is 27.3 Å². The summed E-state index contributed by atoms with van der Waals surface area (Å²) >= 11 is 0. The lowest BCUT2D eigenvalue weighted by Crippen LogP contribution is -2.26. The van der Waals surface area contributed by atoms with Crippen LogP contribution in [0.1, 0.15) is 12.8 Å². The molecule has 1 N–H and O–H groups in total. The van der Waals surface area contributed by atoms with E-state index >= 15 is 0 Å². The summed E-state index contributed by atoms with van der Waals surface area (Å²) in [5.74, 6) is 0.377. The van der Waals surface area contributed by atoms with Crippen LogP contribution >= 0.6 is 0 Å². The fourth-order valence-corrected chi connectivity index (χ4v) is 1.64. The molecule has 1 saturated carbocycles. The SMILES string of the molecule is COc1c(OCCN(C)C2CC2)nc[nH]c1=O.